The highest BCUT2D eigenvalue weighted by atomic mass is 32.2. The van der Waals surface area contributed by atoms with Gasteiger partial charge in [-0.3, -0.25) is 24.0 Å². The predicted octanol–water partition coefficient (Wildman–Crippen LogP) is 5.31. The van der Waals surface area contributed by atoms with Crippen molar-refractivity contribution < 1.29 is 63.7 Å². The highest BCUT2D eigenvalue weighted by Crippen LogP contribution is 2.47. The van der Waals surface area contributed by atoms with Crippen LogP contribution < -0.4 is 15.4 Å². The number of alkyl carbamates (subject to hydrolysis) is 1. The number of sulfonamides is 1. The Bertz CT molecular complexity index is 1970. The molecule has 0 radical (unpaired) electrons. The fourth-order valence-corrected chi connectivity index (χ4v) is 9.08. The number of rotatable bonds is 6. The van der Waals surface area contributed by atoms with Crippen molar-refractivity contribution in [2.45, 2.75) is 133 Å². The van der Waals surface area contributed by atoms with Crippen LogP contribution in [0.5, 0.6) is 0 Å². The maximum absolute atomic E-state index is 14.6. The number of benzene rings is 1. The average Bonchev–Trinajstić information content (AvgIpc) is 3.90. The Hall–Kier alpha value is -4.42. The summed E-state index contributed by atoms with van der Waals surface area (Å²) in [4.78, 5) is 71.5. The summed E-state index contributed by atoms with van der Waals surface area (Å²) in [6, 6.07) is 1.48. The van der Waals surface area contributed by atoms with E-state index in [4.69, 9.17) is 9.47 Å². The van der Waals surface area contributed by atoms with E-state index in [2.05, 4.69) is 15.4 Å². The minimum absolute atomic E-state index is 0. The van der Waals surface area contributed by atoms with Crippen molar-refractivity contribution in [3.8, 4) is 0 Å². The van der Waals surface area contributed by atoms with Gasteiger partial charge < -0.3 is 25.0 Å². The van der Waals surface area contributed by atoms with Crippen LogP contribution in [0.2, 0.25) is 0 Å². The van der Waals surface area contributed by atoms with Gasteiger partial charge in [-0.05, 0) is 82.8 Å². The summed E-state index contributed by atoms with van der Waals surface area (Å²) in [7, 11) is -4.11. The number of nitrogens with one attached hydrogen (secondary N) is 3. The number of fused-ring (bicyclic) bond motifs is 3. The summed E-state index contributed by atoms with van der Waals surface area (Å²) in [5, 5.41) is 5.01. The molecule has 7 atom stereocenters. The molecule has 320 valence electrons. The largest absolute Gasteiger partial charge is 0.444 e. The summed E-state index contributed by atoms with van der Waals surface area (Å²) >= 11 is 0. The zero-order valence-corrected chi connectivity index (χ0v) is 33.2. The molecule has 3 aliphatic heterocycles. The molecule has 5 amide bonds. The molecule has 1 aromatic rings. The van der Waals surface area contributed by atoms with Gasteiger partial charge in [-0.15, -0.1) is 0 Å². The topological polar surface area (TPSA) is 181 Å². The number of alkyl halides is 3. The van der Waals surface area contributed by atoms with E-state index in [1.165, 1.54) is 24.0 Å². The fourth-order valence-electron chi connectivity index (χ4n) is 7.77. The van der Waals surface area contributed by atoms with Crippen LogP contribution in [0.3, 0.4) is 0 Å². The fraction of sp³-hybridized carbons (Fsp3) is 0.658. The Morgan fingerprint density at radius 1 is 1.07 bits per heavy atom. The number of hydrogen-bond acceptors (Lipinski definition) is 9. The molecule has 6 rings (SSSR count). The minimum Gasteiger partial charge on any atom is -0.444 e. The van der Waals surface area contributed by atoms with Crippen molar-refractivity contribution in [3.05, 3.63) is 47.3 Å². The summed E-state index contributed by atoms with van der Waals surface area (Å²) < 4.78 is 93.3. The van der Waals surface area contributed by atoms with Gasteiger partial charge in [0.05, 0.1) is 17.8 Å². The maximum Gasteiger partial charge on any atom is 0.427 e. The molecule has 0 spiro atoms. The van der Waals surface area contributed by atoms with Gasteiger partial charge in [-0.25, -0.2) is 22.4 Å². The highest BCUT2D eigenvalue weighted by molar-refractivity contribution is 7.91. The quantitative estimate of drug-likeness (QED) is 0.253. The molecule has 19 heteroatoms. The monoisotopic (exact) mass is 833 g/mol. The molecule has 1 aromatic carbocycles. The lowest BCUT2D eigenvalue weighted by Gasteiger charge is -2.34. The van der Waals surface area contributed by atoms with Crippen molar-refractivity contribution in [1.82, 2.24) is 25.2 Å². The van der Waals surface area contributed by atoms with Crippen LogP contribution in [0, 0.1) is 23.6 Å². The molecule has 0 bridgehead atoms. The highest BCUT2D eigenvalue weighted by Gasteiger charge is 2.63. The summed E-state index contributed by atoms with van der Waals surface area (Å²) in [5.74, 6) is -4.58. The lowest BCUT2D eigenvalue weighted by molar-refractivity contribution is -0.244. The standard InChI is InChI=1S/C38H49F4N5O9S.3H2/c1-21-9-6-7-11-24-17-37(24,32(50)45-57(53,54)36(5)13-14-36)44-30(48)28-16-25(55-34(52)46-18-23-10-8-12-27(39)26(23)20-46)19-47(28)31(49)29(22(2)15-21)43-33(51)56-35(3,4)38(40,41)42;;;/h7-8,10-12,21-22,24-25,28-29H,6,9,13-20H2,1-5H3,(H,43,51)(H,44,48)(H,45,50);3*1H/b11-7-;;;/t21-,22+,24+,25+,28-,29-,37+;;;/m0.../s1. The number of carbonyl (C=O) groups is 5. The first-order chi connectivity index (χ1) is 26.5. The van der Waals surface area contributed by atoms with Crippen molar-refractivity contribution in [2.75, 3.05) is 6.54 Å². The van der Waals surface area contributed by atoms with Crippen LogP contribution in [-0.2, 0) is 47.0 Å². The first-order valence-electron chi connectivity index (χ1n) is 19.1. The predicted molar refractivity (Wildman–Crippen MR) is 201 cm³/mol. The van der Waals surface area contributed by atoms with E-state index in [1.807, 2.05) is 13.0 Å². The first kappa shape index (κ1) is 42.2. The lowest BCUT2D eigenvalue weighted by Crippen LogP contribution is -2.59. The van der Waals surface area contributed by atoms with Crippen LogP contribution in [0.4, 0.5) is 27.2 Å². The van der Waals surface area contributed by atoms with Gasteiger partial charge in [-0.1, -0.05) is 38.1 Å². The Morgan fingerprint density at radius 3 is 2.42 bits per heavy atom. The van der Waals surface area contributed by atoms with Gasteiger partial charge in [0.2, 0.25) is 27.4 Å². The molecule has 3 N–H and O–H groups in total. The number of amides is 5. The van der Waals surface area contributed by atoms with Gasteiger partial charge >= 0.3 is 18.4 Å². The number of hydrogen-bond donors (Lipinski definition) is 3. The Morgan fingerprint density at radius 2 is 1.77 bits per heavy atom. The third kappa shape index (κ3) is 8.58. The third-order valence-corrected chi connectivity index (χ3v) is 14.2. The van der Waals surface area contributed by atoms with Crippen LogP contribution >= 0.6 is 0 Å². The van der Waals surface area contributed by atoms with E-state index in [9.17, 15) is 50.0 Å². The number of allylic oxidation sites excluding steroid dienone is 1. The average molecular weight is 834 g/mol. The van der Waals surface area contributed by atoms with Crippen LogP contribution in [-0.4, -0.2) is 94.9 Å². The zero-order chi connectivity index (χ0) is 41.9. The van der Waals surface area contributed by atoms with Gasteiger partial charge in [-0.2, -0.15) is 13.2 Å². The summed E-state index contributed by atoms with van der Waals surface area (Å²) in [5.41, 5.74) is -3.73. The van der Waals surface area contributed by atoms with E-state index in [1.54, 1.807) is 19.1 Å². The molecule has 0 aromatic heterocycles. The van der Waals surface area contributed by atoms with Crippen LogP contribution in [0.25, 0.3) is 0 Å². The molecule has 14 nitrogen and oxygen atoms in total. The van der Waals surface area contributed by atoms with Gasteiger partial charge in [0.15, 0.2) is 0 Å². The Labute approximate surface area is 332 Å². The molecule has 2 saturated carbocycles. The molecule has 57 heavy (non-hydrogen) atoms. The van der Waals surface area contributed by atoms with Crippen LogP contribution in [0.1, 0.15) is 95.0 Å². The van der Waals surface area contributed by atoms with Crippen molar-refractivity contribution in [1.29, 1.82) is 0 Å². The van der Waals surface area contributed by atoms with Crippen molar-refractivity contribution in [2.24, 2.45) is 17.8 Å². The molecular weight excluding hydrogens is 779 g/mol. The molecule has 3 heterocycles. The molecule has 0 unspecified atom stereocenters. The smallest absolute Gasteiger partial charge is 0.427 e. The molecule has 3 fully saturated rings. The molecule has 1 saturated heterocycles. The van der Waals surface area contributed by atoms with Crippen molar-refractivity contribution >= 4 is 39.9 Å². The second-order valence-electron chi connectivity index (χ2n) is 17.0. The van der Waals surface area contributed by atoms with Gasteiger partial charge in [0.25, 0.3) is 5.91 Å². The third-order valence-electron chi connectivity index (χ3n) is 12.0. The lowest BCUT2D eigenvalue weighted by atomic mass is 9.88. The molecule has 2 aliphatic carbocycles. The van der Waals surface area contributed by atoms with Crippen molar-refractivity contribution in [3.63, 3.8) is 0 Å². The van der Waals surface area contributed by atoms with E-state index >= 15 is 0 Å². The van der Waals surface area contributed by atoms with E-state index in [0.29, 0.717) is 57.1 Å². The number of nitrogens with zero attached hydrogens (tertiary/aromatic N) is 2. The molecule has 5 aliphatic rings. The summed E-state index contributed by atoms with van der Waals surface area (Å²) in [6.45, 7) is 5.90. The number of halogens is 4. The SMILES string of the molecule is C[C@H]1CC/C=C\[C@@H]2C[C@@]2(C(=O)NS(=O)(=O)C2(C)CC2)NC(=O)[C@@H]2C[C@@H](OC(=O)N3Cc4cccc(F)c4C3)CN2C(=O)[C@@H](NC(=O)OC(C)(C)C(F)(F)F)[C@H](C)C1.[HH].[HH].[HH]. The van der Waals surface area contributed by atoms with E-state index in [-0.39, 0.29) is 36.1 Å². The second kappa shape index (κ2) is 15.1. The zero-order valence-electron chi connectivity index (χ0n) is 32.4. The maximum atomic E-state index is 14.6. The van der Waals surface area contributed by atoms with Gasteiger partial charge in [0, 0.05) is 28.7 Å². The van der Waals surface area contributed by atoms with E-state index < -0.39 is 104 Å². The first-order valence-corrected chi connectivity index (χ1v) is 20.6. The summed E-state index contributed by atoms with van der Waals surface area (Å²) in [6.07, 6.45) is -3.05. The Balaban J connectivity index is 0.00000320. The Kier molecular flexibility index (Phi) is 11.2. The molecular formula is C38H55F4N5O9S. The second-order valence-corrected chi connectivity index (χ2v) is 19.2. The van der Waals surface area contributed by atoms with E-state index in [0.717, 1.165) is 4.90 Å². The van der Waals surface area contributed by atoms with Crippen LogP contribution in [0.15, 0.2) is 30.4 Å². The normalized spacial score (nSPS) is 30.7. The van der Waals surface area contributed by atoms with Gasteiger partial charge in [0.1, 0.15) is 29.5 Å². The number of carbonyl (C=O) groups excluding carboxylic acids is 5. The number of ether oxygens (including phenoxy) is 2. The minimum atomic E-state index is -4.94.